The molecule has 160 valence electrons. The molecule has 0 saturated carbocycles. The Morgan fingerprint density at radius 3 is 2.50 bits per heavy atom. The fraction of sp³-hybridized carbons (Fsp3) is 0.231. The predicted molar refractivity (Wildman–Crippen MR) is 127 cm³/mol. The van der Waals surface area contributed by atoms with Gasteiger partial charge in [0.15, 0.2) is 11.5 Å². The minimum Gasteiger partial charge on any atom is -0.355 e. The minimum absolute atomic E-state index is 0.288. The van der Waals surface area contributed by atoms with Crippen LogP contribution in [0.15, 0.2) is 79.0 Å². The van der Waals surface area contributed by atoms with Crippen LogP contribution in [-0.2, 0) is 6.42 Å². The minimum atomic E-state index is -0.288. The number of carbonyl (C=O) groups excluding carboxylic acids is 1. The van der Waals surface area contributed by atoms with Crippen molar-refractivity contribution in [3.8, 4) is 0 Å². The Bertz CT molecular complexity index is 1200. The summed E-state index contributed by atoms with van der Waals surface area (Å²) in [5.41, 5.74) is 3.12. The lowest BCUT2D eigenvalue weighted by atomic mass is 9.90. The summed E-state index contributed by atoms with van der Waals surface area (Å²) in [5, 5.41) is 12.4. The van der Waals surface area contributed by atoms with Gasteiger partial charge in [0, 0.05) is 24.7 Å². The van der Waals surface area contributed by atoms with Gasteiger partial charge in [-0.2, -0.15) is 0 Å². The van der Waals surface area contributed by atoms with Crippen molar-refractivity contribution in [1.29, 1.82) is 0 Å². The van der Waals surface area contributed by atoms with E-state index >= 15 is 0 Å². The summed E-state index contributed by atoms with van der Waals surface area (Å²) in [6.07, 6.45) is 5.11. The summed E-state index contributed by atoms with van der Waals surface area (Å²) >= 11 is 0. The Hall–Kier alpha value is -3.80. The highest BCUT2D eigenvalue weighted by molar-refractivity contribution is 6.07. The van der Waals surface area contributed by atoms with Gasteiger partial charge in [0.2, 0.25) is 0 Å². The average Bonchev–Trinajstić information content (AvgIpc) is 2.85. The van der Waals surface area contributed by atoms with Crippen molar-refractivity contribution in [2.45, 2.75) is 19.3 Å². The van der Waals surface area contributed by atoms with Gasteiger partial charge in [0.05, 0.1) is 11.2 Å². The Morgan fingerprint density at radius 2 is 1.72 bits per heavy atom. The number of nitrogens with zero attached hydrogens (tertiary/aromatic N) is 4. The number of para-hydroxylation sites is 1. The maximum absolute atomic E-state index is 12.7. The summed E-state index contributed by atoms with van der Waals surface area (Å²) in [5.74, 6) is 1.23. The first-order valence-electron chi connectivity index (χ1n) is 11.0. The van der Waals surface area contributed by atoms with Crippen LogP contribution in [0.1, 0.15) is 28.9 Å². The molecule has 0 aliphatic carbocycles. The second kappa shape index (κ2) is 9.14. The molecule has 1 amide bonds. The number of carbonyl (C=O) groups is 1. The molecule has 4 aromatic rings. The van der Waals surface area contributed by atoms with E-state index in [9.17, 15) is 4.79 Å². The number of anilines is 2. The van der Waals surface area contributed by atoms with Gasteiger partial charge in [0.1, 0.15) is 0 Å². The zero-order chi connectivity index (χ0) is 21.8. The third-order valence-corrected chi connectivity index (χ3v) is 6.07. The van der Waals surface area contributed by atoms with E-state index in [4.69, 9.17) is 0 Å². The third-order valence-electron chi connectivity index (χ3n) is 6.07. The molecule has 1 aliphatic rings. The lowest BCUT2D eigenvalue weighted by Gasteiger charge is -2.32. The highest BCUT2D eigenvalue weighted by Crippen LogP contribution is 2.25. The van der Waals surface area contributed by atoms with Gasteiger partial charge < -0.3 is 10.2 Å². The van der Waals surface area contributed by atoms with Gasteiger partial charge in [-0.3, -0.25) is 9.78 Å². The summed E-state index contributed by atoms with van der Waals surface area (Å²) in [6, 6.07) is 23.9. The first kappa shape index (κ1) is 20.1. The van der Waals surface area contributed by atoms with Gasteiger partial charge in [-0.25, -0.2) is 0 Å². The normalized spacial score (nSPS) is 14.4. The van der Waals surface area contributed by atoms with Crippen molar-refractivity contribution in [2.24, 2.45) is 5.92 Å². The van der Waals surface area contributed by atoms with Crippen LogP contribution in [0.5, 0.6) is 0 Å². The Labute approximate surface area is 187 Å². The van der Waals surface area contributed by atoms with E-state index in [2.05, 4.69) is 55.7 Å². The second-order valence-corrected chi connectivity index (χ2v) is 8.23. The zero-order valence-corrected chi connectivity index (χ0v) is 17.8. The number of pyridine rings is 1. The number of nitrogens with one attached hydrogen (secondary N) is 1. The molecule has 1 saturated heterocycles. The molecule has 2 aromatic heterocycles. The van der Waals surface area contributed by atoms with E-state index in [0.29, 0.717) is 17.3 Å². The third kappa shape index (κ3) is 4.44. The molecular formula is C26H25N5O. The number of benzene rings is 2. The van der Waals surface area contributed by atoms with Gasteiger partial charge in [-0.05, 0) is 55.0 Å². The smallest absolute Gasteiger partial charge is 0.276 e. The van der Waals surface area contributed by atoms with Gasteiger partial charge >= 0.3 is 0 Å². The molecular weight excluding hydrogens is 398 g/mol. The van der Waals surface area contributed by atoms with Gasteiger partial charge in [-0.15, -0.1) is 10.2 Å². The molecule has 2 aromatic carbocycles. The van der Waals surface area contributed by atoms with Crippen molar-refractivity contribution >= 4 is 28.3 Å². The van der Waals surface area contributed by atoms with E-state index in [1.807, 2.05) is 36.4 Å². The predicted octanol–water partition coefficient (Wildman–Crippen LogP) is 4.74. The van der Waals surface area contributed by atoms with E-state index in [1.165, 1.54) is 5.56 Å². The van der Waals surface area contributed by atoms with Crippen molar-refractivity contribution < 1.29 is 4.79 Å². The average molecular weight is 424 g/mol. The molecule has 1 N–H and O–H groups in total. The Morgan fingerprint density at radius 1 is 0.906 bits per heavy atom. The molecule has 3 heterocycles. The van der Waals surface area contributed by atoms with Crippen LogP contribution < -0.4 is 10.2 Å². The number of hydrogen-bond acceptors (Lipinski definition) is 5. The molecule has 0 atom stereocenters. The molecule has 1 aliphatic heterocycles. The van der Waals surface area contributed by atoms with Gasteiger partial charge in [-0.1, -0.05) is 48.5 Å². The lowest BCUT2D eigenvalue weighted by Crippen LogP contribution is -2.35. The van der Waals surface area contributed by atoms with Crippen molar-refractivity contribution in [1.82, 2.24) is 15.2 Å². The van der Waals surface area contributed by atoms with E-state index in [0.717, 1.165) is 49.1 Å². The summed E-state index contributed by atoms with van der Waals surface area (Å²) in [7, 11) is 0. The molecule has 0 radical (unpaired) electrons. The summed E-state index contributed by atoms with van der Waals surface area (Å²) in [4.78, 5) is 19.3. The molecule has 1 fully saturated rings. The van der Waals surface area contributed by atoms with Crippen LogP contribution in [0, 0.1) is 5.92 Å². The quantitative estimate of drug-likeness (QED) is 0.502. The highest BCUT2D eigenvalue weighted by atomic mass is 16.1. The zero-order valence-electron chi connectivity index (χ0n) is 17.8. The number of hydrogen-bond donors (Lipinski definition) is 1. The molecule has 0 spiro atoms. The first-order valence-corrected chi connectivity index (χ1v) is 11.0. The van der Waals surface area contributed by atoms with Crippen molar-refractivity contribution in [2.75, 3.05) is 23.3 Å². The van der Waals surface area contributed by atoms with E-state index in [1.54, 1.807) is 12.3 Å². The number of rotatable bonds is 5. The number of piperidine rings is 1. The van der Waals surface area contributed by atoms with Crippen LogP contribution in [0.4, 0.5) is 11.5 Å². The Kier molecular flexibility index (Phi) is 5.75. The second-order valence-electron chi connectivity index (χ2n) is 8.23. The highest BCUT2D eigenvalue weighted by Gasteiger charge is 2.21. The van der Waals surface area contributed by atoms with Crippen LogP contribution in [0.3, 0.4) is 0 Å². The maximum atomic E-state index is 12.7. The van der Waals surface area contributed by atoms with Crippen LogP contribution in [0.2, 0.25) is 0 Å². The molecule has 32 heavy (non-hydrogen) atoms. The molecule has 5 rings (SSSR count). The largest absolute Gasteiger partial charge is 0.355 e. The molecule has 0 bridgehead atoms. The lowest BCUT2D eigenvalue weighted by molar-refractivity contribution is 0.102. The fourth-order valence-corrected chi connectivity index (χ4v) is 4.32. The monoisotopic (exact) mass is 423 g/mol. The van der Waals surface area contributed by atoms with Crippen LogP contribution in [0.25, 0.3) is 10.9 Å². The fourth-order valence-electron chi connectivity index (χ4n) is 4.32. The maximum Gasteiger partial charge on any atom is 0.276 e. The first-order chi connectivity index (χ1) is 15.8. The van der Waals surface area contributed by atoms with Gasteiger partial charge in [0.25, 0.3) is 5.91 Å². The van der Waals surface area contributed by atoms with E-state index in [-0.39, 0.29) is 5.91 Å². The number of fused-ring (bicyclic) bond motifs is 1. The summed E-state index contributed by atoms with van der Waals surface area (Å²) in [6.45, 7) is 1.92. The molecule has 0 unspecified atom stereocenters. The van der Waals surface area contributed by atoms with Crippen LogP contribution >= 0.6 is 0 Å². The van der Waals surface area contributed by atoms with E-state index < -0.39 is 0 Å². The standard InChI is InChI=1S/C26H25N5O/c32-26(28-22-10-4-8-21-9-5-15-27-25(21)22)23-11-12-24(30-29-23)31-16-13-20(14-17-31)18-19-6-2-1-3-7-19/h1-12,15,20H,13-14,16-18H2,(H,28,32). The SMILES string of the molecule is O=C(Nc1cccc2cccnc12)c1ccc(N2CCC(Cc3ccccc3)CC2)nn1. The van der Waals surface area contributed by atoms with Crippen molar-refractivity contribution in [3.63, 3.8) is 0 Å². The number of aromatic nitrogens is 3. The molecule has 6 heteroatoms. The molecule has 6 nitrogen and oxygen atoms in total. The topological polar surface area (TPSA) is 71.0 Å². The van der Waals surface area contributed by atoms with Crippen LogP contribution in [-0.4, -0.2) is 34.2 Å². The number of amides is 1. The van der Waals surface area contributed by atoms with Crippen molar-refractivity contribution in [3.05, 3.63) is 90.3 Å². The summed E-state index contributed by atoms with van der Waals surface area (Å²) < 4.78 is 0. The Balaban J connectivity index is 1.20.